The van der Waals surface area contributed by atoms with Crippen LogP contribution in [0.5, 0.6) is 23.0 Å². The normalized spacial score (nSPS) is 10.5. The molecule has 0 fully saturated rings. The number of nitrogens with one attached hydrogen (secondary N) is 2. The lowest BCUT2D eigenvalue weighted by atomic mass is 10.1. The number of benzene rings is 2. The molecule has 1 heterocycles. The Kier molecular flexibility index (Phi) is 6.46. The van der Waals surface area contributed by atoms with Crippen molar-refractivity contribution < 1.29 is 23.7 Å². The Morgan fingerprint density at radius 3 is 2.27 bits per heavy atom. The second kappa shape index (κ2) is 9.21. The topological polar surface area (TPSA) is 98.9 Å². The van der Waals surface area contributed by atoms with E-state index in [4.69, 9.17) is 18.9 Å². The first-order valence-corrected chi connectivity index (χ1v) is 9.28. The Morgan fingerprint density at radius 1 is 0.933 bits per heavy atom. The molecule has 2 N–H and O–H groups in total. The quantitative estimate of drug-likeness (QED) is 0.521. The van der Waals surface area contributed by atoms with Gasteiger partial charge in [0, 0.05) is 11.9 Å². The molecule has 0 saturated heterocycles. The summed E-state index contributed by atoms with van der Waals surface area (Å²) in [5.74, 6) is 2.17. The number of aromatic amines is 1. The predicted octanol–water partition coefficient (Wildman–Crippen LogP) is 3.03. The van der Waals surface area contributed by atoms with Gasteiger partial charge in [-0.1, -0.05) is 6.07 Å². The average molecular weight is 412 g/mol. The van der Waals surface area contributed by atoms with Crippen molar-refractivity contribution in [2.45, 2.75) is 6.42 Å². The number of aromatic nitrogens is 1. The lowest BCUT2D eigenvalue weighted by molar-refractivity contribution is 0.112. The summed E-state index contributed by atoms with van der Waals surface area (Å²) in [6.45, 7) is 0.489. The first kappa shape index (κ1) is 21.0. The number of carbonyl (C=O) groups is 1. The third-order valence-corrected chi connectivity index (χ3v) is 4.85. The molecule has 3 rings (SSSR count). The van der Waals surface area contributed by atoms with Gasteiger partial charge in [-0.3, -0.25) is 9.59 Å². The molecule has 0 radical (unpaired) electrons. The second-order valence-corrected chi connectivity index (χ2v) is 6.45. The van der Waals surface area contributed by atoms with Gasteiger partial charge in [-0.25, -0.2) is 0 Å². The molecule has 8 heteroatoms. The molecule has 0 unspecified atom stereocenters. The van der Waals surface area contributed by atoms with Crippen LogP contribution in [0.15, 0.2) is 35.1 Å². The minimum atomic E-state index is -0.502. The van der Waals surface area contributed by atoms with Crippen LogP contribution in [0.3, 0.4) is 0 Å². The van der Waals surface area contributed by atoms with Crippen molar-refractivity contribution in [2.24, 2.45) is 0 Å². The van der Waals surface area contributed by atoms with E-state index in [0.29, 0.717) is 58.8 Å². The maximum absolute atomic E-state index is 12.5. The highest BCUT2D eigenvalue weighted by Crippen LogP contribution is 2.37. The highest BCUT2D eigenvalue weighted by molar-refractivity contribution is 6.02. The standard InChI is InChI=1S/C22H24N2O6/c1-27-16-7-5-13(11-18(16)29-3)9-10-23-19-14-6-8-17(28-2)21(30-4)20(14)24-22(26)15(19)12-25/h5-8,11-12H,9-10H2,1-4H3,(H2,23,24,26). The molecule has 3 aromatic rings. The Bertz CT molecular complexity index is 1120. The molecule has 8 nitrogen and oxygen atoms in total. The van der Waals surface area contributed by atoms with Crippen LogP contribution in [-0.4, -0.2) is 46.3 Å². The summed E-state index contributed by atoms with van der Waals surface area (Å²) in [7, 11) is 6.18. The molecule has 0 atom stereocenters. The van der Waals surface area contributed by atoms with Gasteiger partial charge in [0.2, 0.25) is 0 Å². The van der Waals surface area contributed by atoms with Crippen LogP contribution in [0.4, 0.5) is 5.69 Å². The molecule has 0 aliphatic carbocycles. The molecule has 158 valence electrons. The molecule has 1 aromatic heterocycles. The lowest BCUT2D eigenvalue weighted by Gasteiger charge is -2.16. The number of hydrogen-bond acceptors (Lipinski definition) is 7. The molecule has 2 aromatic carbocycles. The fraction of sp³-hybridized carbons (Fsp3) is 0.273. The fourth-order valence-electron chi connectivity index (χ4n) is 3.37. The summed E-state index contributed by atoms with van der Waals surface area (Å²) in [6, 6.07) is 9.18. The zero-order valence-corrected chi connectivity index (χ0v) is 17.3. The number of ether oxygens (including phenoxy) is 4. The number of anilines is 1. The van der Waals surface area contributed by atoms with E-state index < -0.39 is 5.56 Å². The molecular weight excluding hydrogens is 388 g/mol. The molecule has 0 spiro atoms. The SMILES string of the molecule is COc1ccc(CCNc2c(C=O)c(=O)[nH]c3c(OC)c(OC)ccc23)cc1OC. The third-order valence-electron chi connectivity index (χ3n) is 4.85. The summed E-state index contributed by atoms with van der Waals surface area (Å²) >= 11 is 0. The molecule has 0 amide bonds. The average Bonchev–Trinajstić information content (AvgIpc) is 2.77. The van der Waals surface area contributed by atoms with Gasteiger partial charge in [-0.2, -0.15) is 0 Å². The van der Waals surface area contributed by atoms with Gasteiger partial charge < -0.3 is 29.2 Å². The molecule has 0 aliphatic rings. The molecule has 0 aliphatic heterocycles. The number of hydrogen-bond donors (Lipinski definition) is 2. The Hall–Kier alpha value is -3.68. The Morgan fingerprint density at radius 2 is 1.63 bits per heavy atom. The van der Waals surface area contributed by atoms with Crippen molar-refractivity contribution in [3.63, 3.8) is 0 Å². The number of H-pyrrole nitrogens is 1. The maximum Gasteiger partial charge on any atom is 0.261 e. The Balaban J connectivity index is 1.95. The minimum absolute atomic E-state index is 0.0297. The molecule has 0 saturated carbocycles. The smallest absolute Gasteiger partial charge is 0.261 e. The fourth-order valence-corrected chi connectivity index (χ4v) is 3.37. The van der Waals surface area contributed by atoms with Crippen LogP contribution in [0, 0.1) is 0 Å². The summed E-state index contributed by atoms with van der Waals surface area (Å²) in [5.41, 5.74) is 1.45. The number of fused-ring (bicyclic) bond motifs is 1. The van der Waals surface area contributed by atoms with Crippen LogP contribution in [0.2, 0.25) is 0 Å². The number of carbonyl (C=O) groups excluding carboxylic acids is 1. The minimum Gasteiger partial charge on any atom is -0.493 e. The van der Waals surface area contributed by atoms with Crippen LogP contribution in [0.1, 0.15) is 15.9 Å². The zero-order chi connectivity index (χ0) is 21.7. The second-order valence-electron chi connectivity index (χ2n) is 6.45. The predicted molar refractivity (Wildman–Crippen MR) is 115 cm³/mol. The van der Waals surface area contributed by atoms with E-state index in [9.17, 15) is 9.59 Å². The van der Waals surface area contributed by atoms with Crippen LogP contribution in [-0.2, 0) is 6.42 Å². The van der Waals surface area contributed by atoms with E-state index in [2.05, 4.69) is 10.3 Å². The van der Waals surface area contributed by atoms with Crippen molar-refractivity contribution >= 4 is 22.9 Å². The lowest BCUT2D eigenvalue weighted by Crippen LogP contribution is -2.18. The zero-order valence-electron chi connectivity index (χ0n) is 17.3. The van der Waals surface area contributed by atoms with E-state index in [1.165, 1.54) is 14.2 Å². The largest absolute Gasteiger partial charge is 0.493 e. The van der Waals surface area contributed by atoms with Crippen LogP contribution in [0.25, 0.3) is 10.9 Å². The summed E-state index contributed by atoms with van der Waals surface area (Å²) < 4.78 is 21.3. The van der Waals surface area contributed by atoms with Gasteiger partial charge in [0.15, 0.2) is 29.3 Å². The van der Waals surface area contributed by atoms with Gasteiger partial charge in [0.25, 0.3) is 5.56 Å². The van der Waals surface area contributed by atoms with E-state index in [-0.39, 0.29) is 5.56 Å². The number of methoxy groups -OCH3 is 4. The molecular formula is C22H24N2O6. The van der Waals surface area contributed by atoms with Gasteiger partial charge in [0.1, 0.15) is 5.56 Å². The van der Waals surface area contributed by atoms with Crippen molar-refractivity contribution in [3.05, 3.63) is 51.8 Å². The maximum atomic E-state index is 12.5. The number of aldehydes is 1. The number of rotatable bonds is 9. The third kappa shape index (κ3) is 3.89. The highest BCUT2D eigenvalue weighted by Gasteiger charge is 2.17. The van der Waals surface area contributed by atoms with Crippen molar-refractivity contribution in [1.29, 1.82) is 0 Å². The monoisotopic (exact) mass is 412 g/mol. The summed E-state index contributed by atoms with van der Waals surface area (Å²) in [5, 5.41) is 3.89. The molecule has 30 heavy (non-hydrogen) atoms. The highest BCUT2D eigenvalue weighted by atomic mass is 16.5. The van der Waals surface area contributed by atoms with Crippen LogP contribution >= 0.6 is 0 Å². The molecule has 0 bridgehead atoms. The van der Waals surface area contributed by atoms with E-state index in [0.717, 1.165) is 5.56 Å². The first-order valence-electron chi connectivity index (χ1n) is 9.28. The van der Waals surface area contributed by atoms with Gasteiger partial charge in [0.05, 0.1) is 39.6 Å². The van der Waals surface area contributed by atoms with Gasteiger partial charge in [-0.05, 0) is 36.2 Å². The van der Waals surface area contributed by atoms with Gasteiger partial charge in [-0.15, -0.1) is 0 Å². The van der Waals surface area contributed by atoms with Crippen molar-refractivity contribution in [3.8, 4) is 23.0 Å². The Labute approximate surface area is 173 Å². The number of pyridine rings is 1. The van der Waals surface area contributed by atoms with Crippen molar-refractivity contribution in [1.82, 2.24) is 4.98 Å². The van der Waals surface area contributed by atoms with E-state index >= 15 is 0 Å². The van der Waals surface area contributed by atoms with E-state index in [1.54, 1.807) is 26.4 Å². The van der Waals surface area contributed by atoms with E-state index in [1.807, 2.05) is 18.2 Å². The van der Waals surface area contributed by atoms with Crippen molar-refractivity contribution in [2.75, 3.05) is 40.3 Å². The van der Waals surface area contributed by atoms with Crippen LogP contribution < -0.4 is 29.8 Å². The first-order chi connectivity index (χ1) is 14.6. The van der Waals surface area contributed by atoms with Gasteiger partial charge >= 0.3 is 0 Å². The summed E-state index contributed by atoms with van der Waals surface area (Å²) in [4.78, 5) is 26.8. The summed E-state index contributed by atoms with van der Waals surface area (Å²) in [6.07, 6.45) is 1.19.